The number of hydrogen-bond acceptors (Lipinski definition) is 2. The lowest BCUT2D eigenvalue weighted by molar-refractivity contribution is -0.137. The van der Waals surface area contributed by atoms with E-state index in [1.54, 1.807) is 35.4 Å². The summed E-state index contributed by atoms with van der Waals surface area (Å²) in [6, 6.07) is 12.4. The van der Waals surface area contributed by atoms with E-state index in [1.807, 2.05) is 18.2 Å². The summed E-state index contributed by atoms with van der Waals surface area (Å²) >= 11 is 0. The van der Waals surface area contributed by atoms with Gasteiger partial charge in [0, 0.05) is 12.4 Å². The summed E-state index contributed by atoms with van der Waals surface area (Å²) in [5.41, 5.74) is 0.554. The fourth-order valence-electron chi connectivity index (χ4n) is 2.19. The second-order valence-corrected chi connectivity index (χ2v) is 4.92. The van der Waals surface area contributed by atoms with E-state index in [2.05, 4.69) is 4.98 Å². The summed E-state index contributed by atoms with van der Waals surface area (Å²) in [5, 5.41) is 0. The van der Waals surface area contributed by atoms with E-state index >= 15 is 0 Å². The minimum absolute atomic E-state index is 0. The first-order chi connectivity index (χ1) is 11.0. The Hall–Kier alpha value is -2.47. The number of aromatic nitrogens is 2. The molecule has 0 radical (unpaired) electrons. The molecule has 0 aliphatic rings. The first-order valence-electron chi connectivity index (χ1n) is 6.90. The number of halogens is 4. The molecule has 0 fully saturated rings. The molecule has 3 nitrogen and oxygen atoms in total. The molecule has 1 aromatic heterocycles. The van der Waals surface area contributed by atoms with Gasteiger partial charge in [-0.3, -0.25) is 0 Å². The van der Waals surface area contributed by atoms with Gasteiger partial charge in [0.1, 0.15) is 12.4 Å². The summed E-state index contributed by atoms with van der Waals surface area (Å²) < 4.78 is 45.7. The van der Waals surface area contributed by atoms with Gasteiger partial charge in [0.2, 0.25) is 0 Å². The van der Waals surface area contributed by atoms with Crippen molar-refractivity contribution in [2.75, 3.05) is 0 Å². The van der Waals surface area contributed by atoms with E-state index in [0.717, 1.165) is 17.8 Å². The molecule has 7 heteroatoms. The summed E-state index contributed by atoms with van der Waals surface area (Å²) in [4.78, 5) is 3.98. The molecular formula is C17H14ClF3N2O. The van der Waals surface area contributed by atoms with E-state index in [9.17, 15) is 13.2 Å². The Kier molecular flexibility index (Phi) is 5.51. The second-order valence-electron chi connectivity index (χ2n) is 4.92. The third-order valence-electron chi connectivity index (χ3n) is 3.30. The molecule has 0 amide bonds. The first-order valence-corrected chi connectivity index (χ1v) is 6.90. The molecular weight excluding hydrogens is 341 g/mol. The van der Waals surface area contributed by atoms with E-state index in [-0.39, 0.29) is 19.0 Å². The standard InChI is InChI=1S/C17H13F3N2O.ClH/c18-17(19,20)14-5-3-4-13(10-14)11-23-16-7-2-1-6-15(16)22-9-8-21-12-22;/h1-10,12H,11H2;1H. The van der Waals surface area contributed by atoms with Gasteiger partial charge in [-0.15, -0.1) is 12.4 Å². The van der Waals surface area contributed by atoms with Crippen LogP contribution in [-0.4, -0.2) is 9.55 Å². The van der Waals surface area contributed by atoms with Crippen molar-refractivity contribution in [2.24, 2.45) is 0 Å². The summed E-state index contributed by atoms with van der Waals surface area (Å²) in [7, 11) is 0. The number of hydrogen-bond donors (Lipinski definition) is 0. The van der Waals surface area contributed by atoms with Gasteiger partial charge in [-0.1, -0.05) is 24.3 Å². The molecule has 0 N–H and O–H groups in total. The topological polar surface area (TPSA) is 27.1 Å². The lowest BCUT2D eigenvalue weighted by Gasteiger charge is -2.13. The molecule has 1 heterocycles. The van der Waals surface area contributed by atoms with Gasteiger partial charge >= 0.3 is 6.18 Å². The highest BCUT2D eigenvalue weighted by Crippen LogP contribution is 2.30. The fourth-order valence-corrected chi connectivity index (χ4v) is 2.19. The van der Waals surface area contributed by atoms with Crippen LogP contribution in [0.2, 0.25) is 0 Å². The minimum atomic E-state index is -4.36. The van der Waals surface area contributed by atoms with Crippen LogP contribution in [0.3, 0.4) is 0 Å². The van der Waals surface area contributed by atoms with E-state index in [1.165, 1.54) is 6.07 Å². The summed E-state index contributed by atoms with van der Waals surface area (Å²) in [5.74, 6) is 0.572. The Balaban J connectivity index is 0.00000208. The van der Waals surface area contributed by atoms with Crippen molar-refractivity contribution in [3.8, 4) is 11.4 Å². The zero-order valence-corrected chi connectivity index (χ0v) is 13.2. The van der Waals surface area contributed by atoms with Crippen molar-refractivity contribution in [2.45, 2.75) is 12.8 Å². The van der Waals surface area contributed by atoms with Crippen LogP contribution in [0, 0.1) is 0 Å². The van der Waals surface area contributed by atoms with Crippen LogP contribution < -0.4 is 4.74 Å². The van der Waals surface area contributed by atoms with Gasteiger partial charge < -0.3 is 9.30 Å². The molecule has 0 atom stereocenters. The predicted octanol–water partition coefficient (Wildman–Crippen LogP) is 4.89. The van der Waals surface area contributed by atoms with Crippen LogP contribution in [0.1, 0.15) is 11.1 Å². The monoisotopic (exact) mass is 354 g/mol. The van der Waals surface area contributed by atoms with Crippen molar-refractivity contribution >= 4 is 12.4 Å². The molecule has 3 rings (SSSR count). The van der Waals surface area contributed by atoms with Crippen LogP contribution in [0.25, 0.3) is 5.69 Å². The average Bonchev–Trinajstić information content (AvgIpc) is 3.07. The lowest BCUT2D eigenvalue weighted by Crippen LogP contribution is -2.06. The van der Waals surface area contributed by atoms with Crippen LogP contribution in [0.5, 0.6) is 5.75 Å². The molecule has 0 aliphatic heterocycles. The van der Waals surface area contributed by atoms with Gasteiger partial charge in [-0.25, -0.2) is 4.98 Å². The average molecular weight is 355 g/mol. The molecule has 2 aromatic carbocycles. The maximum atomic E-state index is 12.7. The molecule has 3 aromatic rings. The smallest absolute Gasteiger partial charge is 0.416 e. The number of ether oxygens (including phenoxy) is 1. The molecule has 0 unspecified atom stereocenters. The molecule has 0 aliphatic carbocycles. The highest BCUT2D eigenvalue weighted by atomic mass is 35.5. The molecule has 0 saturated carbocycles. The summed E-state index contributed by atoms with van der Waals surface area (Å²) in [6.45, 7) is 0.0512. The van der Waals surface area contributed by atoms with Crippen LogP contribution >= 0.6 is 12.4 Å². The zero-order chi connectivity index (χ0) is 16.3. The van der Waals surface area contributed by atoms with E-state index in [0.29, 0.717) is 11.3 Å². The molecule has 0 saturated heterocycles. The van der Waals surface area contributed by atoms with Gasteiger partial charge in [-0.2, -0.15) is 13.2 Å². The third-order valence-corrected chi connectivity index (χ3v) is 3.30. The Morgan fingerprint density at radius 2 is 1.83 bits per heavy atom. The Labute approximate surface area is 143 Å². The van der Waals surface area contributed by atoms with E-state index < -0.39 is 11.7 Å². The van der Waals surface area contributed by atoms with Crippen molar-refractivity contribution in [3.63, 3.8) is 0 Å². The maximum absolute atomic E-state index is 12.7. The fraction of sp³-hybridized carbons (Fsp3) is 0.118. The number of nitrogens with zero attached hydrogens (tertiary/aromatic N) is 2. The molecule has 0 bridgehead atoms. The van der Waals surface area contributed by atoms with Gasteiger partial charge in [0.25, 0.3) is 0 Å². The number of benzene rings is 2. The van der Waals surface area contributed by atoms with Crippen molar-refractivity contribution in [3.05, 3.63) is 78.4 Å². The summed E-state index contributed by atoms with van der Waals surface area (Å²) in [6.07, 6.45) is 0.688. The number of imidazole rings is 1. The van der Waals surface area contributed by atoms with Crippen molar-refractivity contribution in [1.82, 2.24) is 9.55 Å². The number of alkyl halides is 3. The number of para-hydroxylation sites is 2. The zero-order valence-electron chi connectivity index (χ0n) is 12.4. The highest BCUT2D eigenvalue weighted by molar-refractivity contribution is 5.85. The quantitative estimate of drug-likeness (QED) is 0.667. The molecule has 0 spiro atoms. The number of rotatable bonds is 4. The lowest BCUT2D eigenvalue weighted by atomic mass is 10.1. The molecule has 24 heavy (non-hydrogen) atoms. The molecule has 126 valence electrons. The second kappa shape index (κ2) is 7.40. The largest absolute Gasteiger partial charge is 0.487 e. The van der Waals surface area contributed by atoms with Crippen molar-refractivity contribution < 1.29 is 17.9 Å². The van der Waals surface area contributed by atoms with Crippen LogP contribution in [0.15, 0.2) is 67.3 Å². The maximum Gasteiger partial charge on any atom is 0.416 e. The minimum Gasteiger partial charge on any atom is -0.487 e. The Morgan fingerprint density at radius 3 is 2.54 bits per heavy atom. The Morgan fingerprint density at radius 1 is 1.04 bits per heavy atom. The third kappa shape index (κ3) is 4.08. The van der Waals surface area contributed by atoms with E-state index in [4.69, 9.17) is 4.74 Å². The van der Waals surface area contributed by atoms with Crippen LogP contribution in [-0.2, 0) is 12.8 Å². The van der Waals surface area contributed by atoms with Crippen molar-refractivity contribution in [1.29, 1.82) is 0 Å². The van der Waals surface area contributed by atoms with Gasteiger partial charge in [-0.05, 0) is 29.8 Å². The van der Waals surface area contributed by atoms with Gasteiger partial charge in [0.05, 0.1) is 17.6 Å². The van der Waals surface area contributed by atoms with Gasteiger partial charge in [0.15, 0.2) is 0 Å². The highest BCUT2D eigenvalue weighted by Gasteiger charge is 2.30. The predicted molar refractivity (Wildman–Crippen MR) is 86.6 cm³/mol. The van der Waals surface area contributed by atoms with Crippen LogP contribution in [0.4, 0.5) is 13.2 Å². The SMILES string of the molecule is Cl.FC(F)(F)c1cccc(COc2ccccc2-n2ccnc2)c1. The Bertz CT molecular complexity index is 789. The normalized spacial score (nSPS) is 11.0. The first kappa shape index (κ1) is 17.9.